The van der Waals surface area contributed by atoms with E-state index in [0.29, 0.717) is 31.7 Å². The van der Waals surface area contributed by atoms with Crippen molar-refractivity contribution in [3.05, 3.63) is 35.4 Å². The van der Waals surface area contributed by atoms with E-state index in [1.54, 1.807) is 12.1 Å². The van der Waals surface area contributed by atoms with Crippen LogP contribution in [0.1, 0.15) is 24.0 Å². The van der Waals surface area contributed by atoms with Crippen LogP contribution in [0.4, 0.5) is 13.2 Å². The van der Waals surface area contributed by atoms with Gasteiger partial charge in [-0.15, -0.1) is 12.4 Å². The van der Waals surface area contributed by atoms with Crippen LogP contribution in [0.3, 0.4) is 0 Å². The minimum absolute atomic E-state index is 0. The van der Waals surface area contributed by atoms with Crippen molar-refractivity contribution in [1.82, 2.24) is 0 Å². The Morgan fingerprint density at radius 1 is 1.15 bits per heavy atom. The summed E-state index contributed by atoms with van der Waals surface area (Å²) in [5.41, 5.74) is 5.33. The van der Waals surface area contributed by atoms with E-state index in [0.717, 1.165) is 18.9 Å². The topological polar surface area (TPSA) is 35.2 Å². The van der Waals surface area contributed by atoms with E-state index in [9.17, 15) is 13.2 Å². The third-order valence-corrected chi connectivity index (χ3v) is 3.87. The van der Waals surface area contributed by atoms with Crippen molar-refractivity contribution in [2.24, 2.45) is 11.1 Å². The van der Waals surface area contributed by atoms with E-state index in [4.69, 9.17) is 10.5 Å². The van der Waals surface area contributed by atoms with Gasteiger partial charge >= 0.3 is 6.18 Å². The van der Waals surface area contributed by atoms with Gasteiger partial charge in [0.15, 0.2) is 0 Å². The molecule has 0 aliphatic carbocycles. The van der Waals surface area contributed by atoms with Gasteiger partial charge in [-0.05, 0) is 42.9 Å². The zero-order valence-electron chi connectivity index (χ0n) is 11.1. The van der Waals surface area contributed by atoms with Crippen LogP contribution in [0.2, 0.25) is 0 Å². The molecule has 20 heavy (non-hydrogen) atoms. The lowest BCUT2D eigenvalue weighted by atomic mass is 9.74. The molecule has 1 heterocycles. The fourth-order valence-electron chi connectivity index (χ4n) is 2.61. The monoisotopic (exact) mass is 309 g/mol. The van der Waals surface area contributed by atoms with Gasteiger partial charge in [0.25, 0.3) is 0 Å². The normalized spacial score (nSPS) is 18.4. The number of halogens is 4. The maximum atomic E-state index is 13.0. The molecule has 0 radical (unpaired) electrons. The minimum atomic E-state index is -4.31. The maximum absolute atomic E-state index is 13.0. The molecule has 2 rings (SSSR count). The number of nitrogens with two attached hydrogens (primary N) is 1. The standard InChI is InChI=1S/C14H18F3NO.ClH/c15-14(16,17)12-4-2-1-3-11(12)9-13(10-18)5-7-19-8-6-13;/h1-4H,5-10,18H2;1H. The summed E-state index contributed by atoms with van der Waals surface area (Å²) in [4.78, 5) is 0. The van der Waals surface area contributed by atoms with E-state index in [1.807, 2.05) is 0 Å². The zero-order valence-corrected chi connectivity index (χ0v) is 11.9. The molecule has 1 aromatic rings. The van der Waals surface area contributed by atoms with Gasteiger partial charge in [-0.1, -0.05) is 18.2 Å². The van der Waals surface area contributed by atoms with Crippen LogP contribution in [0.25, 0.3) is 0 Å². The molecule has 1 fully saturated rings. The summed E-state index contributed by atoms with van der Waals surface area (Å²) in [5, 5.41) is 0. The lowest BCUT2D eigenvalue weighted by Crippen LogP contribution is -2.38. The first-order valence-corrected chi connectivity index (χ1v) is 6.40. The third-order valence-electron chi connectivity index (χ3n) is 3.87. The van der Waals surface area contributed by atoms with Crippen molar-refractivity contribution >= 4 is 12.4 Å². The first-order valence-electron chi connectivity index (χ1n) is 6.40. The summed E-state index contributed by atoms with van der Waals surface area (Å²) in [5.74, 6) is 0. The molecule has 0 amide bonds. The molecule has 6 heteroatoms. The summed E-state index contributed by atoms with van der Waals surface area (Å²) < 4.78 is 44.2. The van der Waals surface area contributed by atoms with Crippen molar-refractivity contribution in [3.8, 4) is 0 Å². The molecule has 2 N–H and O–H groups in total. The van der Waals surface area contributed by atoms with Crippen molar-refractivity contribution in [1.29, 1.82) is 0 Å². The SMILES string of the molecule is Cl.NCC1(Cc2ccccc2C(F)(F)F)CCOCC1. The number of ether oxygens (including phenoxy) is 1. The molecular formula is C14H19ClF3NO. The summed E-state index contributed by atoms with van der Waals surface area (Å²) in [6.45, 7) is 1.54. The highest BCUT2D eigenvalue weighted by Gasteiger charge is 2.37. The smallest absolute Gasteiger partial charge is 0.381 e. The van der Waals surface area contributed by atoms with Crippen LogP contribution >= 0.6 is 12.4 Å². The summed E-state index contributed by atoms with van der Waals surface area (Å²) in [6, 6.07) is 5.76. The third kappa shape index (κ3) is 3.87. The van der Waals surface area contributed by atoms with Crippen molar-refractivity contribution in [2.45, 2.75) is 25.4 Å². The second-order valence-corrected chi connectivity index (χ2v) is 5.15. The van der Waals surface area contributed by atoms with Crippen molar-refractivity contribution in [2.75, 3.05) is 19.8 Å². The molecular weight excluding hydrogens is 291 g/mol. The van der Waals surface area contributed by atoms with Gasteiger partial charge in [-0.25, -0.2) is 0 Å². The predicted octanol–water partition coefficient (Wildman–Crippen LogP) is 3.43. The second-order valence-electron chi connectivity index (χ2n) is 5.15. The Hall–Kier alpha value is -0.780. The lowest BCUT2D eigenvalue weighted by Gasteiger charge is -2.36. The van der Waals surface area contributed by atoms with Gasteiger partial charge in [-0.2, -0.15) is 13.2 Å². The number of rotatable bonds is 3. The molecule has 1 aliphatic rings. The van der Waals surface area contributed by atoms with Crippen LogP contribution in [0, 0.1) is 5.41 Å². The molecule has 1 saturated heterocycles. The Morgan fingerprint density at radius 2 is 1.75 bits per heavy atom. The summed E-state index contributed by atoms with van der Waals surface area (Å²) in [7, 11) is 0. The van der Waals surface area contributed by atoms with Crippen molar-refractivity contribution < 1.29 is 17.9 Å². The van der Waals surface area contributed by atoms with Gasteiger partial charge in [0.1, 0.15) is 0 Å². The molecule has 2 nitrogen and oxygen atoms in total. The molecule has 0 aromatic heterocycles. The van der Waals surface area contributed by atoms with Crippen LogP contribution in [0.15, 0.2) is 24.3 Å². The van der Waals surface area contributed by atoms with Gasteiger partial charge in [0.2, 0.25) is 0 Å². The zero-order chi connectivity index (χ0) is 13.9. The number of hydrogen-bond acceptors (Lipinski definition) is 2. The van der Waals surface area contributed by atoms with Gasteiger partial charge in [-0.3, -0.25) is 0 Å². The fourth-order valence-corrected chi connectivity index (χ4v) is 2.61. The second kappa shape index (κ2) is 6.78. The molecule has 1 aromatic carbocycles. The van der Waals surface area contributed by atoms with Crippen LogP contribution < -0.4 is 5.73 Å². The van der Waals surface area contributed by atoms with E-state index in [-0.39, 0.29) is 17.8 Å². The van der Waals surface area contributed by atoms with Crippen LogP contribution in [-0.4, -0.2) is 19.8 Å². The van der Waals surface area contributed by atoms with Gasteiger partial charge < -0.3 is 10.5 Å². The first kappa shape index (κ1) is 17.3. The quantitative estimate of drug-likeness (QED) is 0.928. The Labute approximate surface area is 122 Å². The van der Waals surface area contributed by atoms with Crippen LogP contribution in [0.5, 0.6) is 0 Å². The maximum Gasteiger partial charge on any atom is 0.416 e. The largest absolute Gasteiger partial charge is 0.416 e. The highest BCUT2D eigenvalue weighted by molar-refractivity contribution is 5.85. The Morgan fingerprint density at radius 3 is 2.30 bits per heavy atom. The summed E-state index contributed by atoms with van der Waals surface area (Å²) >= 11 is 0. The van der Waals surface area contributed by atoms with Crippen LogP contribution in [-0.2, 0) is 17.3 Å². The Bertz CT molecular complexity index is 431. The fraction of sp³-hybridized carbons (Fsp3) is 0.571. The van der Waals surface area contributed by atoms with Crippen molar-refractivity contribution in [3.63, 3.8) is 0 Å². The van der Waals surface area contributed by atoms with Gasteiger partial charge in [0.05, 0.1) is 5.56 Å². The number of hydrogen-bond donors (Lipinski definition) is 1. The number of alkyl halides is 3. The molecule has 0 atom stereocenters. The molecule has 0 saturated carbocycles. The lowest BCUT2D eigenvalue weighted by molar-refractivity contribution is -0.138. The molecule has 0 bridgehead atoms. The molecule has 0 spiro atoms. The summed E-state index contributed by atoms with van der Waals surface area (Å²) in [6.07, 6.45) is -2.51. The molecule has 114 valence electrons. The van der Waals surface area contributed by atoms with E-state index in [2.05, 4.69) is 0 Å². The minimum Gasteiger partial charge on any atom is -0.381 e. The Kier molecular flexibility index (Phi) is 5.86. The highest BCUT2D eigenvalue weighted by Crippen LogP contribution is 2.38. The predicted molar refractivity (Wildman–Crippen MR) is 73.9 cm³/mol. The molecule has 1 aliphatic heterocycles. The molecule has 0 unspecified atom stereocenters. The van der Waals surface area contributed by atoms with E-state index >= 15 is 0 Å². The highest BCUT2D eigenvalue weighted by atomic mass is 35.5. The average Bonchev–Trinajstić information content (AvgIpc) is 2.39. The van der Waals surface area contributed by atoms with Gasteiger partial charge in [0, 0.05) is 13.2 Å². The number of benzene rings is 1. The Balaban J connectivity index is 0.00000200. The van der Waals surface area contributed by atoms with E-state index in [1.165, 1.54) is 6.07 Å². The first-order chi connectivity index (χ1) is 8.97. The van der Waals surface area contributed by atoms with E-state index < -0.39 is 11.7 Å². The average molecular weight is 310 g/mol.